The quantitative estimate of drug-likeness (QED) is 0.892. The van der Waals surface area contributed by atoms with Crippen LogP contribution in [0.25, 0.3) is 0 Å². The summed E-state index contributed by atoms with van der Waals surface area (Å²) >= 11 is 0. The number of carbonyl (C=O) groups excluding carboxylic acids is 1. The highest BCUT2D eigenvalue weighted by atomic mass is 19.1. The molecule has 0 aliphatic carbocycles. The Hall–Kier alpha value is -2.30. The van der Waals surface area contributed by atoms with Crippen LogP contribution in [-0.4, -0.2) is 10.5 Å². The Morgan fingerprint density at radius 3 is 2.89 bits per heavy atom. The van der Waals surface area contributed by atoms with E-state index in [1.807, 2.05) is 6.92 Å². The van der Waals surface area contributed by atoms with Gasteiger partial charge in [0, 0.05) is 24.0 Å². The van der Waals surface area contributed by atoms with E-state index >= 15 is 0 Å². The third-order valence-corrected chi connectivity index (χ3v) is 3.01. The van der Waals surface area contributed by atoms with Crippen molar-refractivity contribution < 1.29 is 9.18 Å². The number of amides is 1. The second-order valence-electron chi connectivity index (χ2n) is 4.31. The summed E-state index contributed by atoms with van der Waals surface area (Å²) in [6, 6.07) is 6.19. The van der Waals surface area contributed by atoms with Gasteiger partial charge in [0.05, 0.1) is 5.69 Å². The molecule has 19 heavy (non-hydrogen) atoms. The van der Waals surface area contributed by atoms with Crippen molar-refractivity contribution in [3.8, 4) is 0 Å². The molecule has 4 nitrogen and oxygen atoms in total. The zero-order valence-electron chi connectivity index (χ0n) is 10.9. The Balaban J connectivity index is 2.28. The Bertz CT molecular complexity index is 619. The standard InChI is InChI=1S/C14H16FN3O/c1-3-18-8-10(16)7-13(18)14(19)17-12-6-4-5-11(15)9(12)2/h4-8H,3,16H2,1-2H3,(H,17,19). The summed E-state index contributed by atoms with van der Waals surface area (Å²) in [5, 5.41) is 2.70. The Morgan fingerprint density at radius 1 is 1.47 bits per heavy atom. The van der Waals surface area contributed by atoms with Crippen molar-refractivity contribution in [2.24, 2.45) is 0 Å². The first-order chi connectivity index (χ1) is 9.02. The maximum Gasteiger partial charge on any atom is 0.272 e. The number of halogens is 1. The molecule has 0 fully saturated rings. The van der Waals surface area contributed by atoms with E-state index in [2.05, 4.69) is 5.32 Å². The van der Waals surface area contributed by atoms with Gasteiger partial charge in [-0.2, -0.15) is 0 Å². The van der Waals surface area contributed by atoms with Crippen LogP contribution in [0.3, 0.4) is 0 Å². The summed E-state index contributed by atoms with van der Waals surface area (Å²) in [4.78, 5) is 12.2. The topological polar surface area (TPSA) is 60.0 Å². The van der Waals surface area contributed by atoms with E-state index in [0.717, 1.165) is 0 Å². The summed E-state index contributed by atoms with van der Waals surface area (Å²) in [7, 11) is 0. The molecule has 1 heterocycles. The number of hydrogen-bond donors (Lipinski definition) is 2. The van der Waals surface area contributed by atoms with Crippen LogP contribution < -0.4 is 11.1 Å². The van der Waals surface area contributed by atoms with E-state index in [4.69, 9.17) is 5.73 Å². The van der Waals surface area contributed by atoms with Crippen molar-refractivity contribution in [2.45, 2.75) is 20.4 Å². The molecule has 1 aromatic heterocycles. The van der Waals surface area contributed by atoms with Crippen LogP contribution in [0.2, 0.25) is 0 Å². The van der Waals surface area contributed by atoms with Crippen LogP contribution in [0, 0.1) is 12.7 Å². The van der Waals surface area contributed by atoms with E-state index in [1.54, 1.807) is 35.9 Å². The van der Waals surface area contributed by atoms with Gasteiger partial charge in [0.15, 0.2) is 0 Å². The minimum atomic E-state index is -0.344. The monoisotopic (exact) mass is 261 g/mol. The van der Waals surface area contributed by atoms with Gasteiger partial charge >= 0.3 is 0 Å². The zero-order chi connectivity index (χ0) is 14.0. The molecule has 0 aliphatic rings. The van der Waals surface area contributed by atoms with E-state index in [0.29, 0.717) is 29.2 Å². The molecule has 5 heteroatoms. The fourth-order valence-corrected chi connectivity index (χ4v) is 1.91. The van der Waals surface area contributed by atoms with Crippen LogP contribution in [0.1, 0.15) is 23.0 Å². The minimum absolute atomic E-state index is 0.299. The number of aryl methyl sites for hydroxylation is 1. The maximum atomic E-state index is 13.4. The summed E-state index contributed by atoms with van der Waals surface area (Å²) < 4.78 is 15.2. The van der Waals surface area contributed by atoms with Crippen LogP contribution in [0.5, 0.6) is 0 Å². The van der Waals surface area contributed by atoms with Crippen LogP contribution in [0.4, 0.5) is 15.8 Å². The van der Waals surface area contributed by atoms with Gasteiger partial charge in [-0.15, -0.1) is 0 Å². The van der Waals surface area contributed by atoms with E-state index < -0.39 is 0 Å². The lowest BCUT2D eigenvalue weighted by molar-refractivity contribution is 0.101. The van der Waals surface area contributed by atoms with Crippen molar-refractivity contribution in [3.05, 3.63) is 47.5 Å². The molecule has 1 aromatic carbocycles. The first-order valence-electron chi connectivity index (χ1n) is 6.05. The molecule has 2 aromatic rings. The molecular formula is C14H16FN3O. The summed E-state index contributed by atoms with van der Waals surface area (Å²) in [5.74, 6) is -0.643. The molecule has 0 unspecified atom stereocenters. The minimum Gasteiger partial charge on any atom is -0.397 e. The van der Waals surface area contributed by atoms with Gasteiger partial charge in [0.1, 0.15) is 11.5 Å². The molecule has 100 valence electrons. The first kappa shape index (κ1) is 13.1. The Kier molecular flexibility index (Phi) is 3.55. The molecule has 1 amide bonds. The number of hydrogen-bond acceptors (Lipinski definition) is 2. The van der Waals surface area contributed by atoms with Gasteiger partial charge in [-0.1, -0.05) is 6.07 Å². The fraction of sp³-hybridized carbons (Fsp3) is 0.214. The molecule has 0 spiro atoms. The Morgan fingerprint density at radius 2 is 2.21 bits per heavy atom. The molecular weight excluding hydrogens is 245 g/mol. The largest absolute Gasteiger partial charge is 0.397 e. The number of rotatable bonds is 3. The second kappa shape index (κ2) is 5.14. The van der Waals surface area contributed by atoms with Crippen molar-refractivity contribution >= 4 is 17.3 Å². The number of nitrogens with two attached hydrogens (primary N) is 1. The molecule has 3 N–H and O–H groups in total. The van der Waals surface area contributed by atoms with Crippen molar-refractivity contribution in [1.29, 1.82) is 0 Å². The van der Waals surface area contributed by atoms with Gasteiger partial charge in [-0.3, -0.25) is 4.79 Å². The smallest absolute Gasteiger partial charge is 0.272 e. The highest BCUT2D eigenvalue weighted by Crippen LogP contribution is 2.19. The molecule has 0 radical (unpaired) electrons. The normalized spacial score (nSPS) is 10.5. The van der Waals surface area contributed by atoms with Crippen LogP contribution in [-0.2, 0) is 6.54 Å². The van der Waals surface area contributed by atoms with E-state index in [9.17, 15) is 9.18 Å². The molecule has 2 rings (SSSR count). The SMILES string of the molecule is CCn1cc(N)cc1C(=O)Nc1cccc(F)c1C. The maximum absolute atomic E-state index is 13.4. The van der Waals surface area contributed by atoms with Gasteiger partial charge in [-0.05, 0) is 32.0 Å². The average molecular weight is 261 g/mol. The van der Waals surface area contributed by atoms with Crippen molar-refractivity contribution in [3.63, 3.8) is 0 Å². The number of aromatic nitrogens is 1. The predicted molar refractivity (Wildman–Crippen MR) is 73.6 cm³/mol. The highest BCUT2D eigenvalue weighted by molar-refractivity contribution is 6.04. The molecule has 0 bridgehead atoms. The second-order valence-corrected chi connectivity index (χ2v) is 4.31. The number of nitrogen functional groups attached to an aromatic ring is 1. The number of anilines is 2. The molecule has 0 atom stereocenters. The lowest BCUT2D eigenvalue weighted by Gasteiger charge is -2.10. The van der Waals surface area contributed by atoms with Gasteiger partial charge < -0.3 is 15.6 Å². The van der Waals surface area contributed by atoms with Crippen LogP contribution in [0.15, 0.2) is 30.5 Å². The fourth-order valence-electron chi connectivity index (χ4n) is 1.91. The highest BCUT2D eigenvalue weighted by Gasteiger charge is 2.14. The molecule has 0 saturated carbocycles. The molecule has 0 aliphatic heterocycles. The number of carbonyl (C=O) groups is 1. The number of nitrogens with one attached hydrogen (secondary N) is 1. The Labute approximate surface area is 111 Å². The predicted octanol–water partition coefficient (Wildman–Crippen LogP) is 2.79. The average Bonchev–Trinajstić information content (AvgIpc) is 2.76. The lowest BCUT2D eigenvalue weighted by atomic mass is 10.2. The van der Waals surface area contributed by atoms with Crippen molar-refractivity contribution in [1.82, 2.24) is 4.57 Å². The number of benzene rings is 1. The lowest BCUT2D eigenvalue weighted by Crippen LogP contribution is -2.17. The van der Waals surface area contributed by atoms with E-state index in [-0.39, 0.29) is 11.7 Å². The summed E-state index contributed by atoms with van der Waals surface area (Å²) in [6.45, 7) is 4.18. The summed E-state index contributed by atoms with van der Waals surface area (Å²) in [5.41, 5.74) is 7.55. The van der Waals surface area contributed by atoms with Gasteiger partial charge in [-0.25, -0.2) is 4.39 Å². The van der Waals surface area contributed by atoms with Crippen LogP contribution >= 0.6 is 0 Å². The zero-order valence-corrected chi connectivity index (χ0v) is 10.9. The van der Waals surface area contributed by atoms with Gasteiger partial charge in [0.25, 0.3) is 5.91 Å². The summed E-state index contributed by atoms with van der Waals surface area (Å²) in [6.07, 6.45) is 1.70. The first-order valence-corrected chi connectivity index (χ1v) is 6.05. The number of nitrogens with zero attached hydrogens (tertiary/aromatic N) is 1. The third kappa shape index (κ3) is 2.59. The van der Waals surface area contributed by atoms with Crippen molar-refractivity contribution in [2.75, 3.05) is 11.1 Å². The van der Waals surface area contributed by atoms with Gasteiger partial charge in [0.2, 0.25) is 0 Å². The molecule has 0 saturated heterocycles. The van der Waals surface area contributed by atoms with E-state index in [1.165, 1.54) is 6.07 Å². The third-order valence-electron chi connectivity index (χ3n) is 3.01.